The molecule has 0 aromatic heterocycles. The molecule has 0 aliphatic heterocycles. The van der Waals surface area contributed by atoms with Crippen molar-refractivity contribution in [2.45, 2.75) is 259 Å². The highest BCUT2D eigenvalue weighted by molar-refractivity contribution is 5.69. The molecule has 0 aromatic carbocycles. The number of esters is 1. The van der Waals surface area contributed by atoms with Crippen molar-refractivity contribution in [2.75, 3.05) is 6.61 Å². The quantitative estimate of drug-likeness (QED) is 0.0390. The molecule has 1 N–H and O–H groups in total. The molecule has 0 bridgehead atoms. The van der Waals surface area contributed by atoms with Gasteiger partial charge in [0, 0.05) is 12.8 Å². The van der Waals surface area contributed by atoms with Crippen LogP contribution in [0.5, 0.6) is 0 Å². The van der Waals surface area contributed by atoms with Crippen LogP contribution < -0.4 is 0 Å². The van der Waals surface area contributed by atoms with Gasteiger partial charge in [0.05, 0.1) is 6.61 Å². The molecule has 0 radical (unpaired) electrons. The molecule has 4 heteroatoms. The van der Waals surface area contributed by atoms with Crippen LogP contribution in [0.1, 0.15) is 259 Å². The lowest BCUT2D eigenvalue weighted by Gasteiger charge is -2.20. The Bertz CT molecular complexity index is 715. The summed E-state index contributed by atoms with van der Waals surface area (Å²) in [4.78, 5) is 22.3. The van der Waals surface area contributed by atoms with E-state index in [4.69, 9.17) is 9.84 Å². The van der Waals surface area contributed by atoms with Crippen LogP contribution in [0, 0.1) is 11.8 Å². The summed E-state index contributed by atoms with van der Waals surface area (Å²) in [7, 11) is 0. The summed E-state index contributed by atoms with van der Waals surface area (Å²) in [5.74, 6) is 0.882. The topological polar surface area (TPSA) is 63.6 Å². The normalized spacial score (nSPS) is 12.0. The molecule has 0 saturated carbocycles. The minimum Gasteiger partial charge on any atom is -0.481 e. The maximum atomic E-state index is 11.8. The molecule has 0 amide bonds. The van der Waals surface area contributed by atoms with Gasteiger partial charge in [-0.2, -0.15) is 0 Å². The second kappa shape index (κ2) is 44.8. The molecule has 51 heavy (non-hydrogen) atoms. The van der Waals surface area contributed by atoms with Gasteiger partial charge in [-0.15, -0.1) is 0 Å². The van der Waals surface area contributed by atoms with E-state index < -0.39 is 5.97 Å². The third-order valence-electron chi connectivity index (χ3n) is 10.5. The van der Waals surface area contributed by atoms with Crippen molar-refractivity contribution in [1.29, 1.82) is 0 Å². The number of hydrogen-bond donors (Lipinski definition) is 1. The van der Waals surface area contributed by atoms with Crippen LogP contribution in [0.15, 0.2) is 12.2 Å². The molecule has 0 heterocycles. The molecule has 0 aliphatic carbocycles. The summed E-state index contributed by atoms with van der Waals surface area (Å²) < 4.78 is 5.36. The predicted octanol–water partition coefficient (Wildman–Crippen LogP) is 16.1. The molecular weight excluding hydrogens is 629 g/mol. The Morgan fingerprint density at radius 1 is 0.471 bits per heavy atom. The van der Waals surface area contributed by atoms with Gasteiger partial charge in [0.2, 0.25) is 0 Å². The van der Waals surface area contributed by atoms with E-state index in [-0.39, 0.29) is 5.97 Å². The van der Waals surface area contributed by atoms with Gasteiger partial charge in [0.25, 0.3) is 0 Å². The SMILES string of the molecule is CCCCCCCCC=CCCCCCCCC(=O)OCCCCCCCCCC.CCCCCCCCCCC(CCCCC(=O)O)C(C)C. The third-order valence-corrected chi connectivity index (χ3v) is 10.5. The largest absolute Gasteiger partial charge is 0.481 e. The molecule has 304 valence electrons. The molecular formula is C47H92O4. The summed E-state index contributed by atoms with van der Waals surface area (Å²) in [5, 5.41) is 8.67. The predicted molar refractivity (Wildman–Crippen MR) is 225 cm³/mol. The van der Waals surface area contributed by atoms with E-state index in [0.717, 1.165) is 43.9 Å². The molecule has 0 fully saturated rings. The maximum Gasteiger partial charge on any atom is 0.305 e. The van der Waals surface area contributed by atoms with Gasteiger partial charge in [-0.3, -0.25) is 9.59 Å². The molecule has 0 saturated heterocycles. The monoisotopic (exact) mass is 721 g/mol. The fraction of sp³-hybridized carbons (Fsp3) is 0.915. The van der Waals surface area contributed by atoms with Gasteiger partial charge >= 0.3 is 11.9 Å². The van der Waals surface area contributed by atoms with E-state index in [1.165, 1.54) is 180 Å². The molecule has 1 unspecified atom stereocenters. The van der Waals surface area contributed by atoms with Gasteiger partial charge in [0.1, 0.15) is 0 Å². The van der Waals surface area contributed by atoms with Gasteiger partial charge in [-0.05, 0) is 56.8 Å². The van der Waals surface area contributed by atoms with Gasteiger partial charge in [-0.25, -0.2) is 0 Å². The van der Waals surface area contributed by atoms with Gasteiger partial charge in [-0.1, -0.05) is 214 Å². The zero-order valence-electron chi connectivity index (χ0n) is 35.4. The first kappa shape index (κ1) is 51.8. The first-order valence-electron chi connectivity index (χ1n) is 22.9. The number of hydrogen-bond acceptors (Lipinski definition) is 3. The lowest BCUT2D eigenvalue weighted by atomic mass is 9.86. The van der Waals surface area contributed by atoms with E-state index in [1.54, 1.807) is 0 Å². The second-order valence-corrected chi connectivity index (χ2v) is 15.9. The molecule has 0 aliphatic rings. The van der Waals surface area contributed by atoms with Crippen molar-refractivity contribution in [3.05, 3.63) is 12.2 Å². The highest BCUT2D eigenvalue weighted by Crippen LogP contribution is 2.25. The second-order valence-electron chi connectivity index (χ2n) is 15.9. The van der Waals surface area contributed by atoms with Gasteiger partial charge < -0.3 is 9.84 Å². The fourth-order valence-corrected chi connectivity index (χ4v) is 6.87. The maximum absolute atomic E-state index is 11.8. The Hall–Kier alpha value is -1.32. The Balaban J connectivity index is 0. The lowest BCUT2D eigenvalue weighted by Crippen LogP contribution is -2.09. The van der Waals surface area contributed by atoms with Crippen LogP contribution >= 0.6 is 0 Å². The van der Waals surface area contributed by atoms with Gasteiger partial charge in [0.15, 0.2) is 0 Å². The number of carbonyl (C=O) groups is 2. The molecule has 0 aromatic rings. The number of carboxylic acid groups (broad SMARTS) is 1. The van der Waals surface area contributed by atoms with Crippen molar-refractivity contribution in [2.24, 2.45) is 11.8 Å². The summed E-state index contributed by atoms with van der Waals surface area (Å²) >= 11 is 0. The van der Waals surface area contributed by atoms with Crippen molar-refractivity contribution in [1.82, 2.24) is 0 Å². The average molecular weight is 721 g/mol. The Labute approximate surface area is 320 Å². The Kier molecular flexibility index (Phi) is 45.5. The average Bonchev–Trinajstić information content (AvgIpc) is 3.11. The summed E-state index contributed by atoms with van der Waals surface area (Å²) in [5.41, 5.74) is 0. The molecule has 4 nitrogen and oxygen atoms in total. The smallest absolute Gasteiger partial charge is 0.305 e. The highest BCUT2D eigenvalue weighted by Gasteiger charge is 2.13. The van der Waals surface area contributed by atoms with Crippen molar-refractivity contribution in [3.8, 4) is 0 Å². The van der Waals surface area contributed by atoms with E-state index >= 15 is 0 Å². The van der Waals surface area contributed by atoms with Crippen molar-refractivity contribution in [3.63, 3.8) is 0 Å². The summed E-state index contributed by atoms with van der Waals surface area (Å²) in [6, 6.07) is 0. The summed E-state index contributed by atoms with van der Waals surface area (Å²) in [6.07, 6.45) is 48.3. The number of rotatable bonds is 39. The molecule has 0 spiro atoms. The van der Waals surface area contributed by atoms with Crippen LogP contribution in [0.3, 0.4) is 0 Å². The van der Waals surface area contributed by atoms with Crippen LogP contribution in [0.2, 0.25) is 0 Å². The van der Waals surface area contributed by atoms with Crippen LogP contribution in [-0.4, -0.2) is 23.7 Å². The number of unbranched alkanes of at least 4 members (excludes halogenated alkanes) is 26. The lowest BCUT2D eigenvalue weighted by molar-refractivity contribution is -0.144. The number of carbonyl (C=O) groups excluding carboxylic acids is 1. The van der Waals surface area contributed by atoms with Crippen LogP contribution in [0.25, 0.3) is 0 Å². The van der Waals surface area contributed by atoms with Crippen molar-refractivity contribution >= 4 is 11.9 Å². The Morgan fingerprint density at radius 3 is 1.25 bits per heavy atom. The number of aliphatic carboxylic acids is 1. The number of carboxylic acids is 1. The zero-order valence-corrected chi connectivity index (χ0v) is 35.4. The zero-order chi connectivity index (χ0) is 37.9. The third kappa shape index (κ3) is 46.7. The first-order valence-corrected chi connectivity index (χ1v) is 22.9. The van der Waals surface area contributed by atoms with E-state index in [9.17, 15) is 9.59 Å². The van der Waals surface area contributed by atoms with E-state index in [2.05, 4.69) is 46.8 Å². The fourth-order valence-electron chi connectivity index (χ4n) is 6.87. The molecule has 0 rings (SSSR count). The Morgan fingerprint density at radius 2 is 0.824 bits per heavy atom. The first-order chi connectivity index (χ1) is 24.9. The van der Waals surface area contributed by atoms with E-state index in [0.29, 0.717) is 19.4 Å². The number of allylic oxidation sites excluding steroid dienone is 2. The van der Waals surface area contributed by atoms with Crippen molar-refractivity contribution < 1.29 is 19.4 Å². The van der Waals surface area contributed by atoms with Crippen LogP contribution in [0.4, 0.5) is 0 Å². The standard InChI is InChI=1S/C28H54O2.C19H38O2/c1-3-5-7-9-11-13-14-15-16-17-18-19-20-22-24-26-28(29)30-27-25-23-21-12-10-8-6-4-2;1-4-5-6-7-8-9-10-11-14-18(17(2)3)15-12-13-16-19(20)21/h15-16H,3-14,17-27H2,1-2H3;17-18H,4-16H2,1-3H3,(H,20,21). The minimum atomic E-state index is -0.654. The number of ether oxygens (including phenoxy) is 1. The van der Waals surface area contributed by atoms with Crippen LogP contribution in [-0.2, 0) is 14.3 Å². The molecule has 1 atom stereocenters. The minimum absolute atomic E-state index is 0.00979. The highest BCUT2D eigenvalue weighted by atomic mass is 16.5. The van der Waals surface area contributed by atoms with E-state index in [1.807, 2.05) is 0 Å². The summed E-state index contributed by atoms with van der Waals surface area (Å²) in [6.45, 7) is 12.0.